The molecule has 0 aliphatic rings. The van der Waals surface area contributed by atoms with Crippen LogP contribution in [-0.2, 0) is 17.4 Å². The molecule has 3 rings (SSSR count). The van der Waals surface area contributed by atoms with Crippen molar-refractivity contribution in [3.05, 3.63) is 106 Å². The zero-order valence-electron chi connectivity index (χ0n) is 17.5. The van der Waals surface area contributed by atoms with E-state index in [9.17, 15) is 18.0 Å². The molecular formula is C25H24ClF3N2O. The van der Waals surface area contributed by atoms with Gasteiger partial charge < -0.3 is 5.32 Å². The van der Waals surface area contributed by atoms with E-state index in [-0.39, 0.29) is 11.9 Å². The third-order valence-electron chi connectivity index (χ3n) is 5.26. The van der Waals surface area contributed by atoms with Gasteiger partial charge in [-0.15, -0.1) is 0 Å². The largest absolute Gasteiger partial charge is 0.416 e. The fraction of sp³-hybridized carbons (Fsp3) is 0.240. The van der Waals surface area contributed by atoms with E-state index in [0.29, 0.717) is 17.9 Å². The van der Waals surface area contributed by atoms with Crippen LogP contribution in [0.1, 0.15) is 40.8 Å². The molecule has 1 amide bonds. The van der Waals surface area contributed by atoms with Crippen LogP contribution in [0.3, 0.4) is 0 Å². The smallest absolute Gasteiger partial charge is 0.358 e. The lowest BCUT2D eigenvalue weighted by molar-refractivity contribution is -0.137. The molecule has 32 heavy (non-hydrogen) atoms. The van der Waals surface area contributed by atoms with Gasteiger partial charge in [-0.25, -0.2) is 0 Å². The highest BCUT2D eigenvalue weighted by molar-refractivity contribution is 6.30. The third-order valence-corrected chi connectivity index (χ3v) is 5.50. The van der Waals surface area contributed by atoms with Crippen molar-refractivity contribution in [3.8, 4) is 0 Å². The van der Waals surface area contributed by atoms with Crippen molar-refractivity contribution >= 4 is 17.5 Å². The molecule has 0 heterocycles. The summed E-state index contributed by atoms with van der Waals surface area (Å²) in [7, 11) is 1.58. The second kappa shape index (κ2) is 10.7. The van der Waals surface area contributed by atoms with Gasteiger partial charge in [0.05, 0.1) is 5.56 Å². The summed E-state index contributed by atoms with van der Waals surface area (Å²) in [6, 6.07) is 21.0. The molecule has 3 nitrogen and oxygen atoms in total. The van der Waals surface area contributed by atoms with Crippen molar-refractivity contribution in [1.82, 2.24) is 10.6 Å². The molecule has 0 aliphatic carbocycles. The Morgan fingerprint density at radius 2 is 1.59 bits per heavy atom. The number of likely N-dealkylation sites (N-methyl/N-ethyl adjacent to an activating group) is 1. The van der Waals surface area contributed by atoms with Crippen molar-refractivity contribution in [3.63, 3.8) is 0 Å². The Balaban J connectivity index is 1.84. The number of nitrogens with one attached hydrogen (secondary N) is 2. The van der Waals surface area contributed by atoms with Gasteiger partial charge in [-0.05, 0) is 53.8 Å². The number of aryl methyl sites for hydroxylation is 1. The second-order valence-corrected chi connectivity index (χ2v) is 7.90. The number of benzene rings is 3. The van der Waals surface area contributed by atoms with Crippen molar-refractivity contribution in [2.75, 3.05) is 7.05 Å². The first-order chi connectivity index (χ1) is 15.3. The van der Waals surface area contributed by atoms with E-state index in [0.717, 1.165) is 28.8 Å². The predicted molar refractivity (Wildman–Crippen MR) is 120 cm³/mol. The number of alkyl halides is 3. The summed E-state index contributed by atoms with van der Waals surface area (Å²) in [6.07, 6.45) is -3.27. The SMILES string of the molecule is CNC(=O)[C@@H](N[C@H](CCc1ccc(C(F)(F)F)cc1)c1cccc(Cl)c1)c1ccccc1. The van der Waals surface area contributed by atoms with E-state index in [2.05, 4.69) is 10.6 Å². The van der Waals surface area contributed by atoms with Gasteiger partial charge in [0, 0.05) is 18.1 Å². The van der Waals surface area contributed by atoms with Crippen molar-refractivity contribution in [2.24, 2.45) is 0 Å². The molecule has 0 aromatic heterocycles. The van der Waals surface area contributed by atoms with Crippen LogP contribution < -0.4 is 10.6 Å². The number of carbonyl (C=O) groups is 1. The fourth-order valence-electron chi connectivity index (χ4n) is 3.56. The second-order valence-electron chi connectivity index (χ2n) is 7.47. The molecule has 3 aromatic rings. The molecule has 0 unspecified atom stereocenters. The minimum absolute atomic E-state index is 0.183. The van der Waals surface area contributed by atoms with E-state index in [1.165, 1.54) is 12.1 Å². The summed E-state index contributed by atoms with van der Waals surface area (Å²) in [4.78, 5) is 12.6. The van der Waals surface area contributed by atoms with E-state index in [1.54, 1.807) is 13.1 Å². The molecule has 0 radical (unpaired) electrons. The molecule has 2 atom stereocenters. The highest BCUT2D eigenvalue weighted by Crippen LogP contribution is 2.30. The van der Waals surface area contributed by atoms with Crippen molar-refractivity contribution in [1.29, 1.82) is 0 Å². The van der Waals surface area contributed by atoms with Gasteiger partial charge in [0.2, 0.25) is 5.91 Å². The Labute approximate surface area is 190 Å². The Morgan fingerprint density at radius 3 is 2.19 bits per heavy atom. The van der Waals surface area contributed by atoms with Crippen LogP contribution in [0.4, 0.5) is 13.2 Å². The standard InChI is InChI=1S/C25H24ClF3N2O/c1-30-24(32)23(18-6-3-2-4-7-18)31-22(19-8-5-9-21(26)16-19)15-12-17-10-13-20(14-11-17)25(27,28)29/h2-11,13-14,16,22-23,31H,12,15H2,1H3,(H,30,32)/t22-,23+/m1/s1. The van der Waals surface area contributed by atoms with Crippen LogP contribution in [0.5, 0.6) is 0 Å². The minimum atomic E-state index is -4.36. The summed E-state index contributed by atoms with van der Waals surface area (Å²) in [6.45, 7) is 0. The van der Waals surface area contributed by atoms with Crippen molar-refractivity contribution < 1.29 is 18.0 Å². The molecular weight excluding hydrogens is 437 g/mol. The molecule has 0 saturated carbocycles. The van der Waals surface area contributed by atoms with E-state index >= 15 is 0 Å². The number of hydrogen-bond acceptors (Lipinski definition) is 2. The maximum Gasteiger partial charge on any atom is 0.416 e. The summed E-state index contributed by atoms with van der Waals surface area (Å²) in [5.74, 6) is -0.183. The number of amides is 1. The molecule has 0 spiro atoms. The average Bonchev–Trinajstić information content (AvgIpc) is 2.79. The number of halogens is 4. The van der Waals surface area contributed by atoms with E-state index in [1.807, 2.05) is 48.5 Å². The zero-order chi connectivity index (χ0) is 23.1. The molecule has 3 aromatic carbocycles. The van der Waals surface area contributed by atoms with Gasteiger partial charge in [0.15, 0.2) is 0 Å². The monoisotopic (exact) mass is 460 g/mol. The van der Waals surface area contributed by atoms with E-state index in [4.69, 9.17) is 11.6 Å². The quantitative estimate of drug-likeness (QED) is 0.426. The van der Waals surface area contributed by atoms with Crippen molar-refractivity contribution in [2.45, 2.75) is 31.1 Å². The lowest BCUT2D eigenvalue weighted by Crippen LogP contribution is -2.38. The predicted octanol–water partition coefficient (Wildman–Crippen LogP) is 6.11. The van der Waals surface area contributed by atoms with Gasteiger partial charge in [0.1, 0.15) is 6.04 Å². The topological polar surface area (TPSA) is 41.1 Å². The fourth-order valence-corrected chi connectivity index (χ4v) is 3.75. The maximum atomic E-state index is 12.8. The van der Waals surface area contributed by atoms with Crippen LogP contribution in [0, 0.1) is 0 Å². The molecule has 0 bridgehead atoms. The zero-order valence-corrected chi connectivity index (χ0v) is 18.3. The highest BCUT2D eigenvalue weighted by atomic mass is 35.5. The minimum Gasteiger partial charge on any atom is -0.358 e. The van der Waals surface area contributed by atoms with Gasteiger partial charge in [-0.1, -0.05) is 66.2 Å². The number of hydrogen-bond donors (Lipinski definition) is 2. The lowest BCUT2D eigenvalue weighted by Gasteiger charge is -2.26. The molecule has 168 valence electrons. The van der Waals surface area contributed by atoms with Crippen LogP contribution in [0.2, 0.25) is 5.02 Å². The molecule has 2 N–H and O–H groups in total. The van der Waals surface area contributed by atoms with Crippen LogP contribution >= 0.6 is 11.6 Å². The van der Waals surface area contributed by atoms with Crippen LogP contribution in [0.15, 0.2) is 78.9 Å². The van der Waals surface area contributed by atoms with Gasteiger partial charge in [-0.3, -0.25) is 10.1 Å². The van der Waals surface area contributed by atoms with Crippen LogP contribution in [-0.4, -0.2) is 13.0 Å². The molecule has 0 aliphatic heterocycles. The highest BCUT2D eigenvalue weighted by Gasteiger charge is 2.30. The van der Waals surface area contributed by atoms with E-state index < -0.39 is 17.8 Å². The summed E-state index contributed by atoms with van der Waals surface area (Å²) in [5, 5.41) is 6.68. The molecule has 7 heteroatoms. The Bertz CT molecular complexity index is 1020. The summed E-state index contributed by atoms with van der Waals surface area (Å²) in [5.41, 5.74) is 1.82. The van der Waals surface area contributed by atoms with Crippen LogP contribution in [0.25, 0.3) is 0 Å². The third kappa shape index (κ3) is 6.34. The first-order valence-electron chi connectivity index (χ1n) is 10.2. The summed E-state index contributed by atoms with van der Waals surface area (Å²) >= 11 is 6.20. The van der Waals surface area contributed by atoms with Gasteiger partial charge >= 0.3 is 6.18 Å². The molecule has 0 saturated heterocycles. The Hall–Kier alpha value is -2.83. The first kappa shape index (κ1) is 23.8. The van der Waals surface area contributed by atoms with Gasteiger partial charge in [0.25, 0.3) is 0 Å². The number of rotatable bonds is 8. The molecule has 0 fully saturated rings. The van der Waals surface area contributed by atoms with Gasteiger partial charge in [-0.2, -0.15) is 13.2 Å². The number of carbonyl (C=O) groups excluding carboxylic acids is 1. The summed E-state index contributed by atoms with van der Waals surface area (Å²) < 4.78 is 38.5. The average molecular weight is 461 g/mol. The Kier molecular flexibility index (Phi) is 7.94. The Morgan fingerprint density at radius 1 is 0.938 bits per heavy atom. The lowest BCUT2D eigenvalue weighted by atomic mass is 9.96. The normalized spacial score (nSPS) is 13.4. The first-order valence-corrected chi connectivity index (χ1v) is 10.6. The maximum absolute atomic E-state index is 12.8.